The number of hydrazone groups is 1. The average molecular weight is 255 g/mol. The van der Waals surface area contributed by atoms with Crippen molar-refractivity contribution in [2.75, 3.05) is 6.26 Å². The monoisotopic (exact) mass is 255 g/mol. The molecule has 3 N–H and O–H groups in total. The molecule has 0 amide bonds. The number of thioether (sulfide) groups is 1. The molecular weight excluding hydrogens is 242 g/mol. The summed E-state index contributed by atoms with van der Waals surface area (Å²) in [6.07, 6.45) is 3.68. The predicted octanol–water partition coefficient (Wildman–Crippen LogP) is 1.06. The Balaban J connectivity index is 2.95. The Morgan fingerprint density at radius 3 is 2.81 bits per heavy atom. The van der Waals surface area contributed by atoms with E-state index in [0.717, 1.165) is 22.1 Å². The van der Waals surface area contributed by atoms with Crippen LogP contribution in [0.4, 0.5) is 0 Å². The third kappa shape index (κ3) is 3.42. The van der Waals surface area contributed by atoms with E-state index >= 15 is 0 Å². The maximum atomic E-state index is 5.28. The number of nitrogens with zero attached hydrogens (tertiary/aromatic N) is 3. The summed E-state index contributed by atoms with van der Waals surface area (Å²) in [7, 11) is 0. The molecule has 0 aliphatic rings. The lowest BCUT2D eigenvalue weighted by Gasteiger charge is -2.05. The standard InChI is InChI=1S/C9H13N5S2/c1-5-7(4-11-9(12-5)16-3)6(2)13-14-8(10)15/h4H,1-3H3,(H3,10,14,15)/b13-6+. The zero-order valence-corrected chi connectivity index (χ0v) is 10.9. The van der Waals surface area contributed by atoms with Crippen LogP contribution in [0.3, 0.4) is 0 Å². The molecule has 1 aromatic heterocycles. The SMILES string of the molecule is CSc1ncc(/C(C)=N/NC(N)=S)c(C)n1. The highest BCUT2D eigenvalue weighted by atomic mass is 32.2. The number of hydrogen-bond acceptors (Lipinski definition) is 5. The minimum absolute atomic E-state index is 0.138. The highest BCUT2D eigenvalue weighted by molar-refractivity contribution is 7.98. The smallest absolute Gasteiger partial charge is 0.187 e. The molecule has 0 saturated carbocycles. The maximum Gasteiger partial charge on any atom is 0.187 e. The molecule has 0 atom stereocenters. The van der Waals surface area contributed by atoms with Crippen molar-refractivity contribution in [3.8, 4) is 0 Å². The third-order valence-corrected chi connectivity index (χ3v) is 2.52. The van der Waals surface area contributed by atoms with E-state index in [2.05, 4.69) is 32.7 Å². The molecule has 1 aromatic rings. The van der Waals surface area contributed by atoms with Crippen molar-refractivity contribution >= 4 is 34.8 Å². The number of thiocarbonyl (C=S) groups is 1. The molecule has 1 rings (SSSR count). The molecule has 0 aliphatic carbocycles. The summed E-state index contributed by atoms with van der Waals surface area (Å²) in [4.78, 5) is 8.50. The van der Waals surface area contributed by atoms with E-state index in [1.807, 2.05) is 20.1 Å². The normalized spacial score (nSPS) is 11.3. The maximum absolute atomic E-state index is 5.28. The van der Waals surface area contributed by atoms with Gasteiger partial charge in [-0.25, -0.2) is 9.97 Å². The van der Waals surface area contributed by atoms with Gasteiger partial charge in [0.15, 0.2) is 10.3 Å². The zero-order chi connectivity index (χ0) is 12.1. The fraction of sp³-hybridized carbons (Fsp3) is 0.333. The number of aryl methyl sites for hydroxylation is 1. The molecule has 5 nitrogen and oxygen atoms in total. The Morgan fingerprint density at radius 2 is 2.31 bits per heavy atom. The first-order chi connectivity index (χ1) is 7.54. The van der Waals surface area contributed by atoms with Gasteiger partial charge in [0.25, 0.3) is 0 Å². The summed E-state index contributed by atoms with van der Waals surface area (Å²) in [5, 5.41) is 4.91. The van der Waals surface area contributed by atoms with Gasteiger partial charge in [-0.2, -0.15) is 5.10 Å². The number of nitrogens with two attached hydrogens (primary N) is 1. The molecule has 0 fully saturated rings. The lowest BCUT2D eigenvalue weighted by atomic mass is 10.2. The molecule has 0 saturated heterocycles. The van der Waals surface area contributed by atoms with Crippen molar-refractivity contribution < 1.29 is 0 Å². The summed E-state index contributed by atoms with van der Waals surface area (Å²) < 4.78 is 0. The van der Waals surface area contributed by atoms with Gasteiger partial charge >= 0.3 is 0 Å². The Hall–Kier alpha value is -1.21. The van der Waals surface area contributed by atoms with E-state index in [-0.39, 0.29) is 5.11 Å². The van der Waals surface area contributed by atoms with E-state index < -0.39 is 0 Å². The van der Waals surface area contributed by atoms with Crippen LogP contribution >= 0.6 is 24.0 Å². The van der Waals surface area contributed by atoms with Crippen molar-refractivity contribution in [1.82, 2.24) is 15.4 Å². The first-order valence-electron chi connectivity index (χ1n) is 4.52. The van der Waals surface area contributed by atoms with Crippen LogP contribution in [0.2, 0.25) is 0 Å². The van der Waals surface area contributed by atoms with Gasteiger partial charge in [0.05, 0.1) is 11.4 Å². The van der Waals surface area contributed by atoms with Crippen molar-refractivity contribution in [3.05, 3.63) is 17.5 Å². The number of aromatic nitrogens is 2. The van der Waals surface area contributed by atoms with Crippen LogP contribution in [-0.4, -0.2) is 27.0 Å². The van der Waals surface area contributed by atoms with Crippen LogP contribution in [0, 0.1) is 6.92 Å². The summed E-state index contributed by atoms with van der Waals surface area (Å²) in [5.41, 5.74) is 10.3. The Labute approximate surface area is 104 Å². The van der Waals surface area contributed by atoms with Crippen LogP contribution in [0.5, 0.6) is 0 Å². The highest BCUT2D eigenvalue weighted by Gasteiger charge is 2.05. The zero-order valence-electron chi connectivity index (χ0n) is 9.31. The summed E-state index contributed by atoms with van der Waals surface area (Å²) in [6.45, 7) is 3.76. The van der Waals surface area contributed by atoms with Crippen molar-refractivity contribution in [2.24, 2.45) is 10.8 Å². The lowest BCUT2D eigenvalue weighted by molar-refractivity contribution is 0.925. The van der Waals surface area contributed by atoms with Gasteiger partial charge in [-0.15, -0.1) is 0 Å². The Bertz CT molecular complexity index is 430. The summed E-state index contributed by atoms with van der Waals surface area (Å²) in [5.74, 6) is 0. The molecular formula is C9H13N5S2. The number of hydrogen-bond donors (Lipinski definition) is 2. The van der Waals surface area contributed by atoms with Gasteiger partial charge in [-0.05, 0) is 32.3 Å². The second-order valence-electron chi connectivity index (χ2n) is 3.03. The molecule has 0 aromatic carbocycles. The molecule has 0 aliphatic heterocycles. The van der Waals surface area contributed by atoms with E-state index in [4.69, 9.17) is 5.73 Å². The first kappa shape index (κ1) is 12.9. The fourth-order valence-corrected chi connectivity index (χ4v) is 1.53. The summed E-state index contributed by atoms with van der Waals surface area (Å²) in [6, 6.07) is 0. The van der Waals surface area contributed by atoms with Crippen molar-refractivity contribution in [2.45, 2.75) is 19.0 Å². The number of nitrogens with one attached hydrogen (secondary N) is 1. The van der Waals surface area contributed by atoms with Crippen LogP contribution in [0.25, 0.3) is 0 Å². The molecule has 86 valence electrons. The van der Waals surface area contributed by atoms with Gasteiger partial charge in [-0.3, -0.25) is 5.43 Å². The van der Waals surface area contributed by atoms with Gasteiger partial charge in [0.2, 0.25) is 0 Å². The second-order valence-corrected chi connectivity index (χ2v) is 4.24. The Kier molecular flexibility index (Phi) is 4.63. The van der Waals surface area contributed by atoms with Gasteiger partial charge in [0, 0.05) is 11.8 Å². The van der Waals surface area contributed by atoms with E-state index in [1.54, 1.807) is 6.20 Å². The van der Waals surface area contributed by atoms with E-state index in [1.165, 1.54) is 11.8 Å². The molecule has 0 radical (unpaired) electrons. The molecule has 1 heterocycles. The molecule has 0 unspecified atom stereocenters. The van der Waals surface area contributed by atoms with Crippen LogP contribution in [-0.2, 0) is 0 Å². The van der Waals surface area contributed by atoms with Crippen LogP contribution < -0.4 is 11.2 Å². The molecule has 0 spiro atoms. The molecule has 0 bridgehead atoms. The van der Waals surface area contributed by atoms with Crippen LogP contribution in [0.1, 0.15) is 18.2 Å². The average Bonchev–Trinajstić information content (AvgIpc) is 2.25. The Morgan fingerprint density at radius 1 is 1.62 bits per heavy atom. The molecule has 16 heavy (non-hydrogen) atoms. The van der Waals surface area contributed by atoms with E-state index in [9.17, 15) is 0 Å². The van der Waals surface area contributed by atoms with Gasteiger partial charge in [0.1, 0.15) is 0 Å². The third-order valence-electron chi connectivity index (χ3n) is 1.86. The minimum atomic E-state index is 0.138. The predicted molar refractivity (Wildman–Crippen MR) is 70.7 cm³/mol. The fourth-order valence-electron chi connectivity index (χ4n) is 1.10. The van der Waals surface area contributed by atoms with Gasteiger partial charge in [-0.1, -0.05) is 11.8 Å². The molecule has 7 heteroatoms. The summed E-state index contributed by atoms with van der Waals surface area (Å²) >= 11 is 6.16. The van der Waals surface area contributed by atoms with Crippen molar-refractivity contribution in [3.63, 3.8) is 0 Å². The topological polar surface area (TPSA) is 76.2 Å². The van der Waals surface area contributed by atoms with E-state index in [0.29, 0.717) is 0 Å². The first-order valence-corrected chi connectivity index (χ1v) is 6.15. The van der Waals surface area contributed by atoms with Crippen molar-refractivity contribution in [1.29, 1.82) is 0 Å². The quantitative estimate of drug-likeness (QED) is 0.276. The highest BCUT2D eigenvalue weighted by Crippen LogP contribution is 2.11. The van der Waals surface area contributed by atoms with Crippen LogP contribution in [0.15, 0.2) is 16.5 Å². The lowest BCUT2D eigenvalue weighted by Crippen LogP contribution is -2.25. The minimum Gasteiger partial charge on any atom is -0.375 e. The van der Waals surface area contributed by atoms with Gasteiger partial charge < -0.3 is 5.73 Å². The number of rotatable bonds is 3. The largest absolute Gasteiger partial charge is 0.375 e. The second kappa shape index (κ2) is 5.76.